The summed E-state index contributed by atoms with van der Waals surface area (Å²) < 4.78 is 25.2. The third kappa shape index (κ3) is 5.45. The quantitative estimate of drug-likeness (QED) is 0.474. The second-order valence-corrected chi connectivity index (χ2v) is 8.05. The number of anilines is 1. The van der Waals surface area contributed by atoms with E-state index in [1.165, 1.54) is 17.8 Å². The van der Waals surface area contributed by atoms with Crippen molar-refractivity contribution in [1.82, 2.24) is 5.32 Å². The molecule has 1 saturated heterocycles. The maximum absolute atomic E-state index is 13.8. The van der Waals surface area contributed by atoms with E-state index in [1.54, 1.807) is 43.3 Å². The maximum Gasteiger partial charge on any atom is 0.341 e. The maximum atomic E-state index is 13.8. The van der Waals surface area contributed by atoms with Gasteiger partial charge in [0.05, 0.1) is 21.7 Å². The second kappa shape index (κ2) is 9.86. The van der Waals surface area contributed by atoms with Gasteiger partial charge in [-0.1, -0.05) is 23.9 Å². The lowest BCUT2D eigenvalue weighted by Crippen LogP contribution is -2.31. The van der Waals surface area contributed by atoms with Crippen LogP contribution in [-0.4, -0.2) is 35.7 Å². The monoisotopic (exact) mass is 496 g/mol. The molecule has 158 valence electrons. The molecule has 1 aliphatic rings. The van der Waals surface area contributed by atoms with E-state index in [2.05, 4.69) is 26.6 Å². The number of aliphatic carboxylic acids is 1. The zero-order valence-electron chi connectivity index (χ0n) is 15.8. The smallest absolute Gasteiger partial charge is 0.341 e. The number of rotatable bonds is 8. The number of carboxylic acid groups (broad SMARTS) is 1. The minimum absolute atomic E-state index is 0.268. The molecule has 0 aromatic heterocycles. The van der Waals surface area contributed by atoms with E-state index < -0.39 is 23.9 Å². The number of thioether (sulfide) groups is 1. The van der Waals surface area contributed by atoms with E-state index >= 15 is 0 Å². The molecule has 0 spiro atoms. The summed E-state index contributed by atoms with van der Waals surface area (Å²) in [5.74, 6) is -1.20. The average molecular weight is 497 g/mol. The Morgan fingerprint density at radius 1 is 1.37 bits per heavy atom. The van der Waals surface area contributed by atoms with E-state index in [9.17, 15) is 14.0 Å². The van der Waals surface area contributed by atoms with Crippen LogP contribution in [-0.2, 0) is 9.59 Å². The van der Waals surface area contributed by atoms with Crippen molar-refractivity contribution in [3.05, 3.63) is 57.2 Å². The van der Waals surface area contributed by atoms with E-state index in [-0.39, 0.29) is 17.3 Å². The second-order valence-electron chi connectivity index (χ2n) is 6.05. The first-order valence-corrected chi connectivity index (χ1v) is 10.6. The van der Waals surface area contributed by atoms with Gasteiger partial charge in [-0.2, -0.15) is 0 Å². The van der Waals surface area contributed by atoms with Crippen LogP contribution in [0, 0.1) is 5.82 Å². The minimum atomic E-state index is -1.11. The lowest BCUT2D eigenvalue weighted by atomic mass is 10.2. The number of hydrogen-bond donors (Lipinski definition) is 3. The first kappa shape index (κ1) is 22.0. The molecule has 0 aliphatic carbocycles. The molecule has 2 aromatic rings. The lowest BCUT2D eigenvalue weighted by molar-refractivity contribution is -0.139. The number of carbonyl (C=O) groups is 2. The Morgan fingerprint density at radius 3 is 2.83 bits per heavy atom. The SMILES string of the molecule is CCOc1cc(/C=C2\SC(Nc3ccccc3F)NC2=O)cc(Br)c1OCC(=O)O. The molecule has 1 atom stereocenters. The van der Waals surface area contributed by atoms with Gasteiger partial charge in [-0.05, 0) is 58.8 Å². The van der Waals surface area contributed by atoms with Gasteiger partial charge in [-0.15, -0.1) is 0 Å². The number of ether oxygens (including phenoxy) is 2. The molecule has 30 heavy (non-hydrogen) atoms. The first-order chi connectivity index (χ1) is 14.4. The average Bonchev–Trinajstić information content (AvgIpc) is 3.02. The highest BCUT2D eigenvalue weighted by atomic mass is 79.9. The fourth-order valence-electron chi connectivity index (χ4n) is 2.64. The van der Waals surface area contributed by atoms with Crippen LogP contribution in [0.4, 0.5) is 10.1 Å². The molecule has 1 fully saturated rings. The standard InChI is InChI=1S/C20H18BrFN2O5S/c1-2-28-15-8-11(7-12(21)18(15)29-10-17(25)26)9-16-19(27)24-20(30-16)23-14-6-4-3-5-13(14)22/h3-9,20,23H,2,10H2,1H3,(H,24,27)(H,25,26)/b16-9-. The number of para-hydroxylation sites is 1. The molecular weight excluding hydrogens is 479 g/mol. The van der Waals surface area contributed by atoms with Gasteiger partial charge in [0, 0.05) is 0 Å². The van der Waals surface area contributed by atoms with E-state index in [1.807, 2.05) is 0 Å². The van der Waals surface area contributed by atoms with Crippen molar-refractivity contribution in [1.29, 1.82) is 0 Å². The molecule has 1 amide bonds. The highest BCUT2D eigenvalue weighted by molar-refractivity contribution is 9.10. The van der Waals surface area contributed by atoms with Crippen molar-refractivity contribution < 1.29 is 28.6 Å². The number of amides is 1. The van der Waals surface area contributed by atoms with Gasteiger partial charge < -0.3 is 25.2 Å². The van der Waals surface area contributed by atoms with Gasteiger partial charge in [0.25, 0.3) is 5.91 Å². The van der Waals surface area contributed by atoms with Gasteiger partial charge in [-0.25, -0.2) is 9.18 Å². The number of halogens is 2. The highest BCUT2D eigenvalue weighted by Crippen LogP contribution is 2.39. The molecule has 7 nitrogen and oxygen atoms in total. The van der Waals surface area contributed by atoms with Gasteiger partial charge in [0.1, 0.15) is 5.82 Å². The van der Waals surface area contributed by atoms with Crippen LogP contribution in [0.15, 0.2) is 45.8 Å². The summed E-state index contributed by atoms with van der Waals surface area (Å²) in [5.41, 5.74) is 0.420. The van der Waals surface area contributed by atoms with Crippen molar-refractivity contribution >= 4 is 51.3 Å². The van der Waals surface area contributed by atoms with Crippen LogP contribution in [0.3, 0.4) is 0 Å². The van der Waals surface area contributed by atoms with Gasteiger partial charge in [-0.3, -0.25) is 4.79 Å². The summed E-state index contributed by atoms with van der Waals surface area (Å²) in [7, 11) is 0. The molecule has 2 aromatic carbocycles. The summed E-state index contributed by atoms with van der Waals surface area (Å²) in [6.07, 6.45) is 1.66. The number of hydrogen-bond acceptors (Lipinski definition) is 6. The van der Waals surface area contributed by atoms with Crippen LogP contribution >= 0.6 is 27.7 Å². The van der Waals surface area contributed by atoms with Crippen molar-refractivity contribution in [2.24, 2.45) is 0 Å². The Balaban J connectivity index is 1.80. The summed E-state index contributed by atoms with van der Waals surface area (Å²) in [6.45, 7) is 1.62. The Bertz CT molecular complexity index is 1000. The summed E-state index contributed by atoms with van der Waals surface area (Å²) >= 11 is 4.58. The Hall–Kier alpha value is -2.72. The van der Waals surface area contributed by atoms with Crippen molar-refractivity contribution in [2.75, 3.05) is 18.5 Å². The molecule has 10 heteroatoms. The van der Waals surface area contributed by atoms with Crippen LogP contribution in [0.5, 0.6) is 11.5 Å². The van der Waals surface area contributed by atoms with Gasteiger partial charge in [0.2, 0.25) is 0 Å². The van der Waals surface area contributed by atoms with Crippen LogP contribution < -0.4 is 20.1 Å². The molecule has 0 bridgehead atoms. The normalized spacial score (nSPS) is 17.0. The van der Waals surface area contributed by atoms with Crippen molar-refractivity contribution in [3.63, 3.8) is 0 Å². The van der Waals surface area contributed by atoms with Crippen LogP contribution in [0.2, 0.25) is 0 Å². The zero-order valence-corrected chi connectivity index (χ0v) is 18.2. The van der Waals surface area contributed by atoms with E-state index in [0.29, 0.717) is 27.3 Å². The van der Waals surface area contributed by atoms with Gasteiger partial charge in [0.15, 0.2) is 23.6 Å². The Labute approximate surface area is 184 Å². The van der Waals surface area contributed by atoms with E-state index in [4.69, 9.17) is 14.6 Å². The largest absolute Gasteiger partial charge is 0.490 e. The summed E-state index contributed by atoms with van der Waals surface area (Å²) in [4.78, 5) is 23.6. The summed E-state index contributed by atoms with van der Waals surface area (Å²) in [5, 5.41) is 14.5. The predicted molar refractivity (Wildman–Crippen MR) is 116 cm³/mol. The molecule has 0 saturated carbocycles. The van der Waals surface area contributed by atoms with Gasteiger partial charge >= 0.3 is 5.97 Å². The van der Waals surface area contributed by atoms with Crippen molar-refractivity contribution in [2.45, 2.75) is 12.4 Å². The van der Waals surface area contributed by atoms with Crippen molar-refractivity contribution in [3.8, 4) is 11.5 Å². The molecule has 1 aliphatic heterocycles. The third-order valence-corrected chi connectivity index (χ3v) is 5.48. The number of benzene rings is 2. The number of carbonyl (C=O) groups excluding carboxylic acids is 1. The number of carboxylic acids is 1. The predicted octanol–water partition coefficient (Wildman–Crippen LogP) is 4.05. The fraction of sp³-hybridized carbons (Fsp3) is 0.200. The highest BCUT2D eigenvalue weighted by Gasteiger charge is 2.28. The van der Waals surface area contributed by atoms with E-state index in [0.717, 1.165) is 0 Å². The molecule has 0 radical (unpaired) electrons. The molecule has 3 N–H and O–H groups in total. The first-order valence-electron chi connectivity index (χ1n) is 8.88. The molecule has 3 rings (SSSR count). The fourth-order valence-corrected chi connectivity index (χ4v) is 4.19. The lowest BCUT2D eigenvalue weighted by Gasteiger charge is -2.14. The minimum Gasteiger partial charge on any atom is -0.490 e. The molecule has 1 heterocycles. The zero-order chi connectivity index (χ0) is 21.7. The topological polar surface area (TPSA) is 96.9 Å². The van der Waals surface area contributed by atoms with Crippen LogP contribution in [0.1, 0.15) is 12.5 Å². The Kier molecular flexibility index (Phi) is 7.22. The third-order valence-electron chi connectivity index (χ3n) is 3.86. The summed E-state index contributed by atoms with van der Waals surface area (Å²) in [6, 6.07) is 9.56. The number of nitrogens with one attached hydrogen (secondary N) is 2. The van der Waals surface area contributed by atoms with Crippen LogP contribution in [0.25, 0.3) is 6.08 Å². The molecular formula is C20H18BrFN2O5S. The Morgan fingerprint density at radius 2 is 2.13 bits per heavy atom. The molecule has 1 unspecified atom stereocenters.